The first-order chi connectivity index (χ1) is 24.8. The van der Waals surface area contributed by atoms with Crippen LogP contribution >= 0.6 is 0 Å². The maximum absolute atomic E-state index is 6.50. The Bertz CT molecular complexity index is 2800. The Kier molecular flexibility index (Phi) is 6.42. The predicted octanol–water partition coefficient (Wildman–Crippen LogP) is 11.5. The molecule has 0 aliphatic carbocycles. The van der Waals surface area contributed by atoms with Gasteiger partial charge in [0.15, 0.2) is 17.5 Å². The molecule has 3 aromatic heterocycles. The van der Waals surface area contributed by atoms with Crippen molar-refractivity contribution in [3.63, 3.8) is 0 Å². The Morgan fingerprint density at radius 1 is 0.380 bits per heavy atom. The van der Waals surface area contributed by atoms with Crippen molar-refractivity contribution in [2.45, 2.75) is 0 Å². The number of para-hydroxylation sites is 2. The molecule has 50 heavy (non-hydrogen) atoms. The zero-order chi connectivity index (χ0) is 33.0. The smallest absolute Gasteiger partial charge is 0.164 e. The lowest BCUT2D eigenvalue weighted by Crippen LogP contribution is -2.00. The van der Waals surface area contributed by atoms with Gasteiger partial charge in [-0.3, -0.25) is 0 Å². The van der Waals surface area contributed by atoms with Crippen LogP contribution in [-0.4, -0.2) is 19.5 Å². The summed E-state index contributed by atoms with van der Waals surface area (Å²) in [6.07, 6.45) is 0. The molecule has 10 aromatic rings. The SMILES string of the molecule is c1ccc(-c2nc(-c3ccccc3)nc(-c3ccc4c(c3)oc3ccc(-n5c6ccccc6c6cccc(-c7ccccc7)c65)cc34)n2)cc1. The van der Waals surface area contributed by atoms with E-state index in [0.717, 1.165) is 44.3 Å². The van der Waals surface area contributed by atoms with Gasteiger partial charge < -0.3 is 8.98 Å². The minimum atomic E-state index is 0.597. The maximum atomic E-state index is 6.50. The molecule has 0 aliphatic rings. The topological polar surface area (TPSA) is 56.7 Å². The van der Waals surface area contributed by atoms with E-state index >= 15 is 0 Å². The predicted molar refractivity (Wildman–Crippen MR) is 203 cm³/mol. The van der Waals surface area contributed by atoms with Crippen LogP contribution in [0.2, 0.25) is 0 Å². The second-order valence-electron chi connectivity index (χ2n) is 12.5. The van der Waals surface area contributed by atoms with E-state index in [-0.39, 0.29) is 0 Å². The summed E-state index contributed by atoms with van der Waals surface area (Å²) in [5.74, 6) is 1.86. The summed E-state index contributed by atoms with van der Waals surface area (Å²) < 4.78 is 8.89. The average Bonchev–Trinajstić information content (AvgIpc) is 3.74. The van der Waals surface area contributed by atoms with Crippen molar-refractivity contribution in [3.8, 4) is 51.0 Å². The minimum Gasteiger partial charge on any atom is -0.456 e. The molecule has 0 spiro atoms. The molecule has 5 nitrogen and oxygen atoms in total. The molecule has 0 bridgehead atoms. The Labute approximate surface area is 287 Å². The molecule has 0 amide bonds. The molecular weight excluding hydrogens is 613 g/mol. The molecule has 0 radical (unpaired) electrons. The van der Waals surface area contributed by atoms with E-state index in [1.165, 1.54) is 32.9 Å². The molecule has 0 atom stereocenters. The molecular formula is C45H28N4O. The number of rotatable bonds is 5. The quantitative estimate of drug-likeness (QED) is 0.188. The lowest BCUT2D eigenvalue weighted by Gasteiger charge is -2.12. The highest BCUT2D eigenvalue weighted by Crippen LogP contribution is 2.40. The van der Waals surface area contributed by atoms with Gasteiger partial charge in [0.1, 0.15) is 11.2 Å². The third-order valence-corrected chi connectivity index (χ3v) is 9.45. The summed E-state index contributed by atoms with van der Waals surface area (Å²) in [5, 5.41) is 4.54. The van der Waals surface area contributed by atoms with Gasteiger partial charge in [0.05, 0.1) is 11.0 Å². The van der Waals surface area contributed by atoms with Crippen LogP contribution in [0, 0.1) is 0 Å². The zero-order valence-corrected chi connectivity index (χ0v) is 26.9. The number of hydrogen-bond donors (Lipinski definition) is 0. The summed E-state index contributed by atoms with van der Waals surface area (Å²) in [6, 6.07) is 58.7. The molecule has 0 saturated heterocycles. The van der Waals surface area contributed by atoms with Crippen LogP contribution in [0.5, 0.6) is 0 Å². The van der Waals surface area contributed by atoms with Gasteiger partial charge in [-0.25, -0.2) is 15.0 Å². The number of hydrogen-bond acceptors (Lipinski definition) is 4. The van der Waals surface area contributed by atoms with Crippen molar-refractivity contribution in [1.29, 1.82) is 0 Å². The van der Waals surface area contributed by atoms with E-state index in [0.29, 0.717) is 17.5 Å². The summed E-state index contributed by atoms with van der Waals surface area (Å²) in [7, 11) is 0. The van der Waals surface area contributed by atoms with E-state index in [1.807, 2.05) is 66.7 Å². The second-order valence-corrected chi connectivity index (χ2v) is 12.5. The molecule has 0 fully saturated rings. The Morgan fingerprint density at radius 3 is 1.68 bits per heavy atom. The van der Waals surface area contributed by atoms with Gasteiger partial charge in [0.25, 0.3) is 0 Å². The van der Waals surface area contributed by atoms with Gasteiger partial charge in [0.2, 0.25) is 0 Å². The second kappa shape index (κ2) is 11.4. The number of fused-ring (bicyclic) bond motifs is 6. The summed E-state index contributed by atoms with van der Waals surface area (Å²) in [4.78, 5) is 14.7. The van der Waals surface area contributed by atoms with Crippen molar-refractivity contribution in [2.24, 2.45) is 0 Å². The third-order valence-electron chi connectivity index (χ3n) is 9.45. The van der Waals surface area contributed by atoms with Crippen molar-refractivity contribution in [3.05, 3.63) is 170 Å². The standard InChI is InChI=1S/C45H28N4O/c1-4-13-29(14-5-1)34-20-12-21-37-35-19-10-11-22-39(35)49(42(34)37)33-24-26-40-38(28-33)36-25-23-32(27-41(36)50-40)45-47-43(30-15-6-2-7-16-30)46-44(48-45)31-17-8-3-9-18-31/h1-28H. The first-order valence-electron chi connectivity index (χ1n) is 16.7. The highest BCUT2D eigenvalue weighted by molar-refractivity contribution is 6.14. The normalized spacial score (nSPS) is 11.6. The van der Waals surface area contributed by atoms with Crippen molar-refractivity contribution < 1.29 is 4.42 Å². The molecule has 3 heterocycles. The maximum Gasteiger partial charge on any atom is 0.164 e. The van der Waals surface area contributed by atoms with Crippen molar-refractivity contribution in [2.75, 3.05) is 0 Å². The van der Waals surface area contributed by atoms with Crippen molar-refractivity contribution in [1.82, 2.24) is 19.5 Å². The Hall–Kier alpha value is -6.85. The number of furan rings is 1. The van der Waals surface area contributed by atoms with Gasteiger partial charge in [-0.05, 0) is 42.0 Å². The molecule has 10 rings (SSSR count). The highest BCUT2D eigenvalue weighted by atomic mass is 16.3. The van der Waals surface area contributed by atoms with Crippen LogP contribution in [0.3, 0.4) is 0 Å². The lowest BCUT2D eigenvalue weighted by molar-refractivity contribution is 0.669. The Balaban J connectivity index is 1.14. The molecule has 7 aromatic carbocycles. The van der Waals surface area contributed by atoms with Crippen LogP contribution in [0.25, 0.3) is 94.7 Å². The lowest BCUT2D eigenvalue weighted by atomic mass is 10.0. The first-order valence-corrected chi connectivity index (χ1v) is 16.7. The average molecular weight is 641 g/mol. The molecule has 234 valence electrons. The monoisotopic (exact) mass is 640 g/mol. The molecule has 0 saturated carbocycles. The van der Waals surface area contributed by atoms with E-state index in [1.54, 1.807) is 0 Å². The fourth-order valence-corrected chi connectivity index (χ4v) is 7.12. The van der Waals surface area contributed by atoms with Gasteiger partial charge in [-0.15, -0.1) is 0 Å². The van der Waals surface area contributed by atoms with E-state index in [4.69, 9.17) is 19.4 Å². The van der Waals surface area contributed by atoms with Crippen LogP contribution in [0.15, 0.2) is 174 Å². The summed E-state index contributed by atoms with van der Waals surface area (Å²) in [5.41, 5.74) is 10.2. The van der Waals surface area contributed by atoms with Gasteiger partial charge in [-0.2, -0.15) is 0 Å². The highest BCUT2D eigenvalue weighted by Gasteiger charge is 2.19. The summed E-state index contributed by atoms with van der Waals surface area (Å²) in [6.45, 7) is 0. The molecule has 0 N–H and O–H groups in total. The minimum absolute atomic E-state index is 0.597. The van der Waals surface area contributed by atoms with Gasteiger partial charge >= 0.3 is 0 Å². The molecule has 0 unspecified atom stereocenters. The summed E-state index contributed by atoms with van der Waals surface area (Å²) >= 11 is 0. The van der Waals surface area contributed by atoms with Crippen LogP contribution in [-0.2, 0) is 0 Å². The Morgan fingerprint density at radius 2 is 0.980 bits per heavy atom. The van der Waals surface area contributed by atoms with Crippen molar-refractivity contribution >= 4 is 43.7 Å². The number of aromatic nitrogens is 4. The molecule has 5 heteroatoms. The number of benzene rings is 7. The van der Waals surface area contributed by atoms with E-state index < -0.39 is 0 Å². The van der Waals surface area contributed by atoms with Gasteiger partial charge in [-0.1, -0.05) is 133 Å². The largest absolute Gasteiger partial charge is 0.456 e. The van der Waals surface area contributed by atoms with Crippen LogP contribution in [0.1, 0.15) is 0 Å². The van der Waals surface area contributed by atoms with E-state index in [2.05, 4.69) is 108 Å². The zero-order valence-electron chi connectivity index (χ0n) is 26.9. The molecule has 0 aliphatic heterocycles. The van der Waals surface area contributed by atoms with Crippen LogP contribution < -0.4 is 0 Å². The van der Waals surface area contributed by atoms with Gasteiger partial charge in [0, 0.05) is 49.5 Å². The first kappa shape index (κ1) is 28.2. The fourth-order valence-electron chi connectivity index (χ4n) is 7.12. The third kappa shape index (κ3) is 4.60. The van der Waals surface area contributed by atoms with E-state index in [9.17, 15) is 0 Å². The fraction of sp³-hybridized carbons (Fsp3) is 0. The van der Waals surface area contributed by atoms with Crippen LogP contribution in [0.4, 0.5) is 0 Å². The number of nitrogens with zero attached hydrogens (tertiary/aromatic N) is 4.